The van der Waals surface area contributed by atoms with Gasteiger partial charge in [0.1, 0.15) is 0 Å². The highest BCUT2D eigenvalue weighted by Gasteiger charge is 2.37. The molecule has 0 aliphatic rings. The minimum Gasteiger partial charge on any atom is -0.273 e. The summed E-state index contributed by atoms with van der Waals surface area (Å²) in [5, 5.41) is -5.13. The van der Waals surface area contributed by atoms with Crippen LogP contribution in [0.15, 0.2) is 30.3 Å². The second-order valence-corrected chi connectivity index (χ2v) is 4.00. The van der Waals surface area contributed by atoms with E-state index in [4.69, 9.17) is 11.6 Å². The molecule has 14 heavy (non-hydrogen) atoms. The second kappa shape index (κ2) is 4.75. The van der Waals surface area contributed by atoms with E-state index in [9.17, 15) is 13.6 Å². The Balaban J connectivity index is 2.53. The quantitative estimate of drug-likeness (QED) is 0.747. The molecule has 0 spiro atoms. The van der Waals surface area contributed by atoms with Crippen molar-refractivity contribution >= 4 is 28.6 Å². The van der Waals surface area contributed by atoms with E-state index in [1.807, 2.05) is 0 Å². The van der Waals surface area contributed by atoms with E-state index in [0.29, 0.717) is 0 Å². The zero-order valence-electron chi connectivity index (χ0n) is 7.04. The first kappa shape index (κ1) is 11.5. The van der Waals surface area contributed by atoms with Gasteiger partial charge in [-0.05, 0) is 17.2 Å². The smallest absolute Gasteiger partial charge is 0.273 e. The standard InChI is InChI=1S/C9H7ClF2OS/c10-8(13)9(11,12)14-6-7-4-2-1-3-5-7/h1-5H,6H2. The number of hydrogen-bond acceptors (Lipinski definition) is 2. The van der Waals surface area contributed by atoms with Crippen molar-refractivity contribution in [2.45, 2.75) is 11.0 Å². The Hall–Kier alpha value is -0.610. The van der Waals surface area contributed by atoms with Crippen LogP contribution in [0.4, 0.5) is 8.78 Å². The summed E-state index contributed by atoms with van der Waals surface area (Å²) in [5.41, 5.74) is 0.732. The van der Waals surface area contributed by atoms with Crippen molar-refractivity contribution in [3.63, 3.8) is 0 Å². The highest BCUT2D eigenvalue weighted by Crippen LogP contribution is 2.33. The van der Waals surface area contributed by atoms with Gasteiger partial charge in [-0.2, -0.15) is 8.78 Å². The molecule has 0 bridgehead atoms. The van der Waals surface area contributed by atoms with Crippen molar-refractivity contribution in [1.29, 1.82) is 0 Å². The Kier molecular flexibility index (Phi) is 3.89. The maximum Gasteiger partial charge on any atom is 0.366 e. The van der Waals surface area contributed by atoms with Crippen molar-refractivity contribution in [1.82, 2.24) is 0 Å². The summed E-state index contributed by atoms with van der Waals surface area (Å²) in [5.74, 6) is 0.0618. The Labute approximate surface area is 89.4 Å². The molecule has 0 saturated carbocycles. The van der Waals surface area contributed by atoms with Crippen molar-refractivity contribution < 1.29 is 13.6 Å². The zero-order chi connectivity index (χ0) is 10.6. The first-order valence-corrected chi connectivity index (χ1v) is 5.14. The fourth-order valence-corrected chi connectivity index (χ4v) is 1.62. The van der Waals surface area contributed by atoms with Crippen LogP contribution in [0.5, 0.6) is 0 Å². The number of rotatable bonds is 4. The maximum absolute atomic E-state index is 12.7. The van der Waals surface area contributed by atoms with Crippen molar-refractivity contribution in [3.8, 4) is 0 Å². The summed E-state index contributed by atoms with van der Waals surface area (Å²) in [6.07, 6.45) is 0. The van der Waals surface area contributed by atoms with Crippen LogP contribution in [0, 0.1) is 0 Å². The van der Waals surface area contributed by atoms with Crippen LogP contribution in [0.1, 0.15) is 5.56 Å². The van der Waals surface area contributed by atoms with E-state index in [0.717, 1.165) is 5.56 Å². The normalized spacial score (nSPS) is 11.4. The highest BCUT2D eigenvalue weighted by molar-refractivity contribution is 8.00. The summed E-state index contributed by atoms with van der Waals surface area (Å²) < 4.78 is 25.4. The molecule has 1 nitrogen and oxygen atoms in total. The molecule has 0 aromatic heterocycles. The Morgan fingerprint density at radius 3 is 2.43 bits per heavy atom. The summed E-state index contributed by atoms with van der Waals surface area (Å²) in [4.78, 5) is 10.3. The van der Waals surface area contributed by atoms with E-state index in [2.05, 4.69) is 0 Å². The van der Waals surface area contributed by atoms with Gasteiger partial charge in [0.15, 0.2) is 0 Å². The SMILES string of the molecule is O=C(Cl)C(F)(F)SCc1ccccc1. The van der Waals surface area contributed by atoms with Gasteiger partial charge < -0.3 is 0 Å². The minimum absolute atomic E-state index is 0.0618. The summed E-state index contributed by atoms with van der Waals surface area (Å²) in [7, 11) is 0. The summed E-state index contributed by atoms with van der Waals surface area (Å²) in [6, 6.07) is 8.70. The van der Waals surface area contributed by atoms with Gasteiger partial charge in [-0.25, -0.2) is 0 Å². The number of alkyl halides is 2. The predicted molar refractivity (Wildman–Crippen MR) is 53.5 cm³/mol. The van der Waals surface area contributed by atoms with E-state index in [1.165, 1.54) is 0 Å². The molecule has 0 N–H and O–H groups in total. The third-order valence-electron chi connectivity index (χ3n) is 1.49. The average molecular weight is 237 g/mol. The van der Waals surface area contributed by atoms with Crippen LogP contribution >= 0.6 is 23.4 Å². The largest absolute Gasteiger partial charge is 0.366 e. The van der Waals surface area contributed by atoms with E-state index < -0.39 is 10.5 Å². The first-order valence-electron chi connectivity index (χ1n) is 3.78. The van der Waals surface area contributed by atoms with Crippen LogP contribution < -0.4 is 0 Å². The molecule has 76 valence electrons. The number of thioether (sulfide) groups is 1. The third-order valence-corrected chi connectivity index (χ3v) is 2.87. The van der Waals surface area contributed by atoms with Crippen molar-refractivity contribution in [2.75, 3.05) is 0 Å². The lowest BCUT2D eigenvalue weighted by atomic mass is 10.2. The van der Waals surface area contributed by atoms with Crippen molar-refractivity contribution in [3.05, 3.63) is 35.9 Å². The molecule has 1 rings (SSSR count). The fourth-order valence-electron chi connectivity index (χ4n) is 0.805. The molecule has 5 heteroatoms. The third kappa shape index (κ3) is 3.27. The lowest BCUT2D eigenvalue weighted by molar-refractivity contribution is -0.124. The van der Waals surface area contributed by atoms with E-state index in [1.54, 1.807) is 30.3 Å². The van der Waals surface area contributed by atoms with Crippen LogP contribution in [-0.2, 0) is 10.5 Å². The number of carbonyl (C=O) groups is 1. The van der Waals surface area contributed by atoms with Gasteiger partial charge in [-0.1, -0.05) is 42.1 Å². The predicted octanol–water partition coefficient (Wildman–Crippen LogP) is 3.28. The minimum atomic E-state index is -3.50. The van der Waals surface area contributed by atoms with Gasteiger partial charge in [0, 0.05) is 5.75 Å². The van der Waals surface area contributed by atoms with Gasteiger partial charge in [0.25, 0.3) is 0 Å². The second-order valence-electron chi connectivity index (χ2n) is 2.56. The highest BCUT2D eigenvalue weighted by atomic mass is 35.5. The van der Waals surface area contributed by atoms with E-state index in [-0.39, 0.29) is 17.5 Å². The van der Waals surface area contributed by atoms with Crippen LogP contribution in [0.3, 0.4) is 0 Å². The number of benzene rings is 1. The van der Waals surface area contributed by atoms with Gasteiger partial charge in [-0.3, -0.25) is 4.79 Å². The summed E-state index contributed by atoms with van der Waals surface area (Å²) in [6.45, 7) is 0. The molecule has 0 fully saturated rings. The molecular formula is C9H7ClF2OS. The summed E-state index contributed by atoms with van der Waals surface area (Å²) >= 11 is 4.95. The first-order chi connectivity index (χ1) is 6.52. The van der Waals surface area contributed by atoms with Crippen LogP contribution in [-0.4, -0.2) is 10.5 Å². The molecule has 0 aliphatic carbocycles. The topological polar surface area (TPSA) is 17.1 Å². The molecule has 0 aliphatic heterocycles. The Morgan fingerprint density at radius 2 is 1.93 bits per heavy atom. The molecule has 0 unspecified atom stereocenters. The lowest BCUT2D eigenvalue weighted by Gasteiger charge is -2.09. The van der Waals surface area contributed by atoms with E-state index >= 15 is 0 Å². The molecule has 0 amide bonds. The Bertz CT molecular complexity index is 316. The zero-order valence-corrected chi connectivity index (χ0v) is 8.62. The fraction of sp³-hybridized carbons (Fsp3) is 0.222. The molecule has 0 atom stereocenters. The van der Waals surface area contributed by atoms with Crippen molar-refractivity contribution in [2.24, 2.45) is 0 Å². The van der Waals surface area contributed by atoms with Gasteiger partial charge in [-0.15, -0.1) is 0 Å². The van der Waals surface area contributed by atoms with Gasteiger partial charge >= 0.3 is 10.5 Å². The molecule has 1 aromatic rings. The molecular weight excluding hydrogens is 230 g/mol. The molecule has 0 radical (unpaired) electrons. The lowest BCUT2D eigenvalue weighted by Crippen LogP contribution is -2.19. The van der Waals surface area contributed by atoms with Crippen LogP contribution in [0.2, 0.25) is 0 Å². The molecule has 0 saturated heterocycles. The van der Waals surface area contributed by atoms with Crippen LogP contribution in [0.25, 0.3) is 0 Å². The number of halogens is 3. The van der Waals surface area contributed by atoms with Gasteiger partial charge in [0.2, 0.25) is 0 Å². The monoisotopic (exact) mass is 236 g/mol. The number of carbonyl (C=O) groups excluding carboxylic acids is 1. The average Bonchev–Trinajstić information content (AvgIpc) is 2.16. The van der Waals surface area contributed by atoms with Gasteiger partial charge in [0.05, 0.1) is 0 Å². The Morgan fingerprint density at radius 1 is 1.36 bits per heavy atom. The molecule has 1 aromatic carbocycles. The maximum atomic E-state index is 12.7. The number of hydrogen-bond donors (Lipinski definition) is 0. The molecule has 0 heterocycles.